The number of benzene rings is 1. The van der Waals surface area contributed by atoms with Gasteiger partial charge in [0, 0.05) is 5.56 Å². The average molecular weight is 112 g/mol. The minimum absolute atomic E-state index is 0.729. The summed E-state index contributed by atoms with van der Waals surface area (Å²) in [7, 11) is 0. The van der Waals surface area contributed by atoms with Crippen molar-refractivity contribution >= 4 is 6.29 Å². The van der Waals surface area contributed by atoms with Gasteiger partial charge in [0.25, 0.3) is 0 Å². The van der Waals surface area contributed by atoms with Gasteiger partial charge in [-0.1, -0.05) is 30.3 Å². The Morgan fingerprint density at radius 3 is 2.12 bits per heavy atom. The molecule has 1 heteroatoms. The van der Waals surface area contributed by atoms with Gasteiger partial charge in [0.1, 0.15) is 6.29 Å². The van der Waals surface area contributed by atoms with Crippen LogP contribution in [0, 0.1) is 0 Å². The van der Waals surface area contributed by atoms with Crippen molar-refractivity contribution in [3.8, 4) is 0 Å². The predicted molar refractivity (Wildman–Crippen MR) is 31.8 cm³/mol. The first-order chi connectivity index (χ1) is 3.93. The molecule has 40 valence electrons. The highest BCUT2D eigenvalue weighted by Crippen LogP contribution is 1.91. The van der Waals surface area contributed by atoms with E-state index in [1.54, 1.807) is 12.1 Å². The normalized spacial score (nSPS) is 8.50. The van der Waals surface area contributed by atoms with E-state index in [1.165, 1.54) is 0 Å². The maximum atomic E-state index is 10.0. The van der Waals surface area contributed by atoms with Gasteiger partial charge in [0.05, 0.1) is 0 Å². The lowest BCUT2D eigenvalue weighted by Gasteiger charge is -1.81. The van der Waals surface area contributed by atoms with Crippen molar-refractivity contribution in [2.24, 2.45) is 0 Å². The van der Waals surface area contributed by atoms with Gasteiger partial charge < -0.3 is 0 Å². The van der Waals surface area contributed by atoms with Crippen LogP contribution in [0.1, 0.15) is 10.4 Å². The van der Waals surface area contributed by atoms with Gasteiger partial charge in [0.15, 0.2) is 0 Å². The Bertz CT molecular complexity index is 167. The van der Waals surface area contributed by atoms with E-state index in [1.807, 2.05) is 18.2 Å². The predicted octanol–water partition coefficient (Wildman–Crippen LogP) is 1.50. The second-order valence-electron chi connectivity index (χ2n) is 1.53. The molecule has 0 N–H and O–H groups in total. The summed E-state index contributed by atoms with van der Waals surface area (Å²) in [6, 6.07) is 9.10. The maximum Gasteiger partial charge on any atom is 0.150 e. The van der Waals surface area contributed by atoms with Gasteiger partial charge in [-0.05, 0) is 0 Å². The molecule has 0 radical (unpaired) electrons. The van der Waals surface area contributed by atoms with Gasteiger partial charge in [-0.2, -0.15) is 0 Å². The number of rotatable bonds is 1. The highest BCUT2D eigenvalue weighted by atomic mass is 16.2. The van der Waals surface area contributed by atoms with Gasteiger partial charge in [-0.15, -0.1) is 0 Å². The zero-order valence-corrected chi connectivity index (χ0v) is 4.37. The molecule has 0 aromatic heterocycles. The molecule has 1 aromatic rings. The molecule has 0 aliphatic rings. The molecular weight excluding hydrogens is 106 g/mol. The molecule has 0 aliphatic carbocycles. The number of aldehydes is 1. The molecule has 1 nitrogen and oxygen atoms in total. The molecule has 0 fully saturated rings. The molecule has 0 spiro atoms. The zero-order valence-electron chi connectivity index (χ0n) is 4.37. The van der Waals surface area contributed by atoms with E-state index in [9.17, 15) is 4.79 Å². The third kappa shape index (κ3) is 0.936. The van der Waals surface area contributed by atoms with Crippen molar-refractivity contribution in [2.75, 3.05) is 0 Å². The zero-order chi connectivity index (χ0) is 5.82. The molecule has 0 saturated carbocycles. The Morgan fingerprint density at radius 1 is 1.12 bits per heavy atom. The van der Waals surface area contributed by atoms with Crippen LogP contribution in [0.15, 0.2) is 30.3 Å². The number of hydrogen-bond donors (Lipinski definition) is 0. The summed E-state index contributed by atoms with van der Waals surface area (Å²) < 4.78 is 0. The molecule has 1 rings (SSSR count). The lowest BCUT2D eigenvalue weighted by molar-refractivity contribution is 0.112. The Morgan fingerprint density at radius 2 is 1.75 bits per heavy atom. The topological polar surface area (TPSA) is 17.1 Å². The van der Waals surface area contributed by atoms with Crippen molar-refractivity contribution in [3.05, 3.63) is 35.9 Å². The summed E-state index contributed by atoms with van der Waals surface area (Å²) in [6.07, 6.45) is 0.833. The van der Waals surface area contributed by atoms with E-state index in [-0.39, 0.29) is 0 Å². The first-order valence-electron chi connectivity index (χ1n) is 2.44. The van der Waals surface area contributed by atoms with Crippen LogP contribution in [0.3, 0.4) is 0 Å². The molecule has 1 aromatic carbocycles. The van der Waals surface area contributed by atoms with Crippen LogP contribution in [0.4, 0.5) is 0 Å². The monoisotopic (exact) mass is 112 g/mol. The molecule has 0 aliphatic heterocycles. The Hall–Kier alpha value is -1.11. The third-order valence-corrected chi connectivity index (χ3v) is 0.936. The van der Waals surface area contributed by atoms with E-state index >= 15 is 0 Å². The molecule has 0 atom stereocenters. The molecular formula is C7H6O. The molecule has 8 heavy (non-hydrogen) atoms. The first-order valence-corrected chi connectivity index (χ1v) is 2.44. The highest BCUT2D eigenvalue weighted by molar-refractivity contribution is 5.74. The van der Waals surface area contributed by atoms with E-state index < -0.39 is 0 Å². The van der Waals surface area contributed by atoms with Crippen molar-refractivity contribution in [1.82, 2.24) is 0 Å². The molecule has 0 saturated heterocycles. The second kappa shape index (κ2) is 2.26. The highest BCUT2D eigenvalue weighted by Gasteiger charge is 1.79. The molecule has 0 heterocycles. The average Bonchev–Trinajstić information content (AvgIpc) is 1.90. The largest absolute Gasteiger partial charge is 0.298 e. The van der Waals surface area contributed by atoms with E-state index in [4.69, 9.17) is 0 Å². The van der Waals surface area contributed by atoms with E-state index in [2.05, 4.69) is 0 Å². The number of carbonyl (C=O) groups excluding carboxylic acids is 1. The standard InChI is InChI=1S/C7H6O/c8-6-7-4-2-1-3-5-7/h1-6H/i1+1,2+1,3+1,4+1,6+1,7+1. The fourth-order valence-electron chi connectivity index (χ4n) is 0.532. The Kier molecular flexibility index (Phi) is 1.42. The van der Waals surface area contributed by atoms with Crippen LogP contribution < -0.4 is 0 Å². The molecule has 0 amide bonds. The summed E-state index contributed by atoms with van der Waals surface area (Å²) in [5, 5.41) is 0. The summed E-state index contributed by atoms with van der Waals surface area (Å²) in [6.45, 7) is 0. The van der Waals surface area contributed by atoms with Crippen LogP contribution in [0.2, 0.25) is 0 Å². The summed E-state index contributed by atoms with van der Waals surface area (Å²) in [5.74, 6) is 0. The number of hydrogen-bond acceptors (Lipinski definition) is 1. The van der Waals surface area contributed by atoms with Gasteiger partial charge >= 0.3 is 0 Å². The lowest BCUT2D eigenvalue weighted by atomic mass is 11.0. The second-order valence-corrected chi connectivity index (χ2v) is 1.53. The van der Waals surface area contributed by atoms with Crippen LogP contribution in [0.5, 0.6) is 0 Å². The van der Waals surface area contributed by atoms with Crippen molar-refractivity contribution in [3.63, 3.8) is 0 Å². The minimum Gasteiger partial charge on any atom is -0.298 e. The van der Waals surface area contributed by atoms with E-state index in [0.717, 1.165) is 11.8 Å². The van der Waals surface area contributed by atoms with Crippen molar-refractivity contribution < 1.29 is 4.79 Å². The van der Waals surface area contributed by atoms with Gasteiger partial charge in [-0.25, -0.2) is 0 Å². The van der Waals surface area contributed by atoms with Crippen LogP contribution >= 0.6 is 0 Å². The summed E-state index contributed by atoms with van der Waals surface area (Å²) >= 11 is 0. The van der Waals surface area contributed by atoms with E-state index in [0.29, 0.717) is 0 Å². The fraction of sp³-hybridized carbons (Fsp3) is 0. The molecule has 0 bridgehead atoms. The van der Waals surface area contributed by atoms with Gasteiger partial charge in [0.2, 0.25) is 0 Å². The van der Waals surface area contributed by atoms with Crippen LogP contribution in [0.25, 0.3) is 0 Å². The maximum absolute atomic E-state index is 10.0. The molecule has 0 unspecified atom stereocenters. The Labute approximate surface area is 48.0 Å². The summed E-state index contributed by atoms with van der Waals surface area (Å²) in [5.41, 5.74) is 0.729. The van der Waals surface area contributed by atoms with Gasteiger partial charge in [-0.3, -0.25) is 4.79 Å². The summed E-state index contributed by atoms with van der Waals surface area (Å²) in [4.78, 5) is 10.0. The first kappa shape index (κ1) is 5.04. The SMILES string of the molecule is O=[13CH][13c]1c[13cH][13cH][13cH][13cH]1. The smallest absolute Gasteiger partial charge is 0.150 e. The third-order valence-electron chi connectivity index (χ3n) is 0.936. The van der Waals surface area contributed by atoms with Crippen molar-refractivity contribution in [1.29, 1.82) is 0 Å². The lowest BCUT2D eigenvalue weighted by Crippen LogP contribution is -1.73. The quantitative estimate of drug-likeness (QED) is 0.397. The number of carbonyl (C=O) groups is 1. The fourth-order valence-corrected chi connectivity index (χ4v) is 0.532. The Balaban J connectivity index is 2.99. The van der Waals surface area contributed by atoms with Crippen LogP contribution in [-0.4, -0.2) is 6.29 Å². The van der Waals surface area contributed by atoms with Crippen LogP contribution in [-0.2, 0) is 0 Å². The minimum atomic E-state index is 0.729. The van der Waals surface area contributed by atoms with Crippen molar-refractivity contribution in [2.45, 2.75) is 0 Å².